The van der Waals surface area contributed by atoms with E-state index in [2.05, 4.69) is 5.32 Å². The van der Waals surface area contributed by atoms with Crippen LogP contribution in [0.1, 0.15) is 19.3 Å². The summed E-state index contributed by atoms with van der Waals surface area (Å²) in [6.07, 6.45) is 4.80. The SMILES string of the molecule is CSc1cccc(NC(=O)CC(N)C2CC2)c1. The minimum Gasteiger partial charge on any atom is -0.327 e. The first-order valence-corrected chi connectivity index (χ1v) is 7.11. The Morgan fingerprint density at radius 3 is 3.00 bits per heavy atom. The molecule has 0 spiro atoms. The lowest BCUT2D eigenvalue weighted by molar-refractivity contribution is -0.116. The summed E-state index contributed by atoms with van der Waals surface area (Å²) in [5, 5.41) is 2.90. The van der Waals surface area contributed by atoms with Gasteiger partial charge in [-0.2, -0.15) is 0 Å². The summed E-state index contributed by atoms with van der Waals surface area (Å²) in [5.74, 6) is 0.584. The quantitative estimate of drug-likeness (QED) is 0.789. The Bertz CT molecular complexity index is 404. The smallest absolute Gasteiger partial charge is 0.225 e. The van der Waals surface area contributed by atoms with Crippen molar-refractivity contribution in [3.8, 4) is 0 Å². The Hall–Kier alpha value is -1.00. The summed E-state index contributed by atoms with van der Waals surface area (Å²) >= 11 is 1.66. The fraction of sp³-hybridized carbons (Fsp3) is 0.462. The lowest BCUT2D eigenvalue weighted by Gasteiger charge is -2.11. The van der Waals surface area contributed by atoms with E-state index in [1.165, 1.54) is 12.8 Å². The molecule has 0 aromatic heterocycles. The minimum atomic E-state index is 0.0163. The Balaban J connectivity index is 1.88. The molecule has 3 N–H and O–H groups in total. The van der Waals surface area contributed by atoms with Gasteiger partial charge in [0.1, 0.15) is 0 Å². The zero-order chi connectivity index (χ0) is 12.3. The number of carbonyl (C=O) groups excluding carboxylic acids is 1. The van der Waals surface area contributed by atoms with Crippen molar-refractivity contribution < 1.29 is 4.79 Å². The summed E-state index contributed by atoms with van der Waals surface area (Å²) in [5.41, 5.74) is 6.78. The highest BCUT2D eigenvalue weighted by Gasteiger charge is 2.29. The first kappa shape index (κ1) is 12.5. The van der Waals surface area contributed by atoms with Gasteiger partial charge in [0.25, 0.3) is 0 Å². The van der Waals surface area contributed by atoms with E-state index < -0.39 is 0 Å². The molecule has 92 valence electrons. The summed E-state index contributed by atoms with van der Waals surface area (Å²) in [7, 11) is 0. The van der Waals surface area contributed by atoms with Crippen LogP contribution in [0.4, 0.5) is 5.69 Å². The average molecular weight is 250 g/mol. The number of hydrogen-bond acceptors (Lipinski definition) is 3. The second-order valence-electron chi connectivity index (χ2n) is 4.49. The van der Waals surface area contributed by atoms with Crippen LogP contribution in [0.2, 0.25) is 0 Å². The molecule has 1 aliphatic rings. The van der Waals surface area contributed by atoms with Crippen LogP contribution in [-0.4, -0.2) is 18.2 Å². The molecule has 0 saturated heterocycles. The van der Waals surface area contributed by atoms with Crippen molar-refractivity contribution in [3.05, 3.63) is 24.3 Å². The second-order valence-corrected chi connectivity index (χ2v) is 5.37. The van der Waals surface area contributed by atoms with Crippen molar-refractivity contribution in [2.75, 3.05) is 11.6 Å². The number of carbonyl (C=O) groups is 1. The standard InChI is InChI=1S/C13H18N2OS/c1-17-11-4-2-3-10(7-11)15-13(16)8-12(14)9-5-6-9/h2-4,7,9,12H,5-6,8,14H2,1H3,(H,15,16). The maximum absolute atomic E-state index is 11.8. The first-order valence-electron chi connectivity index (χ1n) is 5.88. The van der Waals surface area contributed by atoms with Crippen LogP contribution in [-0.2, 0) is 4.79 Å². The largest absolute Gasteiger partial charge is 0.327 e. The number of hydrogen-bond donors (Lipinski definition) is 2. The van der Waals surface area contributed by atoms with E-state index in [9.17, 15) is 4.79 Å². The molecule has 1 unspecified atom stereocenters. The summed E-state index contributed by atoms with van der Waals surface area (Å²) in [6.45, 7) is 0. The van der Waals surface area contributed by atoms with Crippen LogP contribution >= 0.6 is 11.8 Å². The van der Waals surface area contributed by atoms with Crippen molar-refractivity contribution in [1.29, 1.82) is 0 Å². The van der Waals surface area contributed by atoms with Gasteiger partial charge in [-0.1, -0.05) is 6.07 Å². The molecule has 2 rings (SSSR count). The predicted molar refractivity (Wildman–Crippen MR) is 72.2 cm³/mol. The van der Waals surface area contributed by atoms with Gasteiger partial charge >= 0.3 is 0 Å². The summed E-state index contributed by atoms with van der Waals surface area (Å²) < 4.78 is 0. The monoisotopic (exact) mass is 250 g/mol. The lowest BCUT2D eigenvalue weighted by Crippen LogP contribution is -2.28. The predicted octanol–water partition coefficient (Wildman–Crippen LogP) is 2.47. The normalized spacial score (nSPS) is 16.6. The molecule has 1 amide bonds. The molecule has 17 heavy (non-hydrogen) atoms. The van der Waals surface area contributed by atoms with Gasteiger partial charge in [-0.05, 0) is 43.2 Å². The van der Waals surface area contributed by atoms with Gasteiger partial charge in [0.05, 0.1) is 0 Å². The maximum atomic E-state index is 11.8. The third-order valence-electron chi connectivity index (χ3n) is 3.00. The number of thioether (sulfide) groups is 1. The van der Waals surface area contributed by atoms with Gasteiger partial charge in [0, 0.05) is 23.0 Å². The zero-order valence-electron chi connectivity index (χ0n) is 9.98. The van der Waals surface area contributed by atoms with E-state index in [-0.39, 0.29) is 11.9 Å². The van der Waals surface area contributed by atoms with E-state index in [0.29, 0.717) is 12.3 Å². The molecule has 0 bridgehead atoms. The molecule has 4 heteroatoms. The van der Waals surface area contributed by atoms with E-state index in [4.69, 9.17) is 5.73 Å². The zero-order valence-corrected chi connectivity index (χ0v) is 10.8. The van der Waals surface area contributed by atoms with Crippen molar-refractivity contribution >= 4 is 23.4 Å². The molecule has 0 heterocycles. The van der Waals surface area contributed by atoms with Crippen LogP contribution in [0.15, 0.2) is 29.2 Å². The number of nitrogens with one attached hydrogen (secondary N) is 1. The summed E-state index contributed by atoms with van der Waals surface area (Å²) in [6, 6.07) is 7.88. The van der Waals surface area contributed by atoms with Gasteiger partial charge in [0.2, 0.25) is 5.91 Å². The number of nitrogens with two attached hydrogens (primary N) is 1. The second kappa shape index (κ2) is 5.56. The molecule has 1 aromatic rings. The van der Waals surface area contributed by atoms with Crippen molar-refractivity contribution in [1.82, 2.24) is 0 Å². The van der Waals surface area contributed by atoms with Crippen molar-refractivity contribution in [2.24, 2.45) is 11.7 Å². The topological polar surface area (TPSA) is 55.1 Å². The fourth-order valence-electron chi connectivity index (χ4n) is 1.82. The van der Waals surface area contributed by atoms with Crippen LogP contribution in [0.5, 0.6) is 0 Å². The first-order chi connectivity index (χ1) is 8.19. The highest BCUT2D eigenvalue weighted by atomic mass is 32.2. The van der Waals surface area contributed by atoms with Gasteiger partial charge in [-0.25, -0.2) is 0 Å². The number of rotatable bonds is 5. The van der Waals surface area contributed by atoms with E-state index in [1.54, 1.807) is 11.8 Å². The molecule has 1 fully saturated rings. The lowest BCUT2D eigenvalue weighted by atomic mass is 10.1. The molecule has 0 radical (unpaired) electrons. The molecule has 1 aromatic carbocycles. The Kier molecular flexibility index (Phi) is 4.07. The van der Waals surface area contributed by atoms with Crippen LogP contribution in [0, 0.1) is 5.92 Å². The Morgan fingerprint density at radius 1 is 1.59 bits per heavy atom. The molecular weight excluding hydrogens is 232 g/mol. The van der Waals surface area contributed by atoms with Crippen LogP contribution in [0.25, 0.3) is 0 Å². The molecule has 1 saturated carbocycles. The molecule has 1 aliphatic carbocycles. The Morgan fingerprint density at radius 2 is 2.35 bits per heavy atom. The molecule has 1 atom stereocenters. The highest BCUT2D eigenvalue weighted by Crippen LogP contribution is 2.32. The Labute approximate surface area is 106 Å². The molecule has 0 aliphatic heterocycles. The number of anilines is 1. The van der Waals surface area contributed by atoms with Gasteiger partial charge in [0.15, 0.2) is 0 Å². The van der Waals surface area contributed by atoms with Crippen molar-refractivity contribution in [3.63, 3.8) is 0 Å². The van der Waals surface area contributed by atoms with E-state index in [1.807, 2.05) is 30.5 Å². The number of amides is 1. The molecule has 3 nitrogen and oxygen atoms in total. The van der Waals surface area contributed by atoms with Crippen LogP contribution < -0.4 is 11.1 Å². The molecular formula is C13H18N2OS. The average Bonchev–Trinajstić information content (AvgIpc) is 3.12. The summed E-state index contributed by atoms with van der Waals surface area (Å²) in [4.78, 5) is 12.9. The minimum absolute atomic E-state index is 0.0163. The third-order valence-corrected chi connectivity index (χ3v) is 3.73. The van der Waals surface area contributed by atoms with Crippen LogP contribution in [0.3, 0.4) is 0 Å². The van der Waals surface area contributed by atoms with Gasteiger partial charge in [-0.15, -0.1) is 11.8 Å². The van der Waals surface area contributed by atoms with E-state index >= 15 is 0 Å². The van der Waals surface area contributed by atoms with E-state index in [0.717, 1.165) is 10.6 Å². The van der Waals surface area contributed by atoms with Crippen molar-refractivity contribution in [2.45, 2.75) is 30.2 Å². The third kappa shape index (κ3) is 3.75. The highest BCUT2D eigenvalue weighted by molar-refractivity contribution is 7.98. The van der Waals surface area contributed by atoms with Gasteiger partial charge < -0.3 is 11.1 Å². The maximum Gasteiger partial charge on any atom is 0.225 e. The van der Waals surface area contributed by atoms with Gasteiger partial charge in [-0.3, -0.25) is 4.79 Å². The number of benzene rings is 1. The fourth-order valence-corrected chi connectivity index (χ4v) is 2.28.